The monoisotopic (exact) mass is 233 g/mol. The van der Waals surface area contributed by atoms with Gasteiger partial charge in [-0.2, -0.15) is 0 Å². The van der Waals surface area contributed by atoms with E-state index in [0.717, 1.165) is 24.8 Å². The first-order chi connectivity index (χ1) is 8.21. The highest BCUT2D eigenvalue weighted by Crippen LogP contribution is 2.14. The molecule has 0 aliphatic carbocycles. The van der Waals surface area contributed by atoms with Crippen LogP contribution in [-0.2, 0) is 6.42 Å². The summed E-state index contributed by atoms with van der Waals surface area (Å²) in [5.41, 5.74) is 7.72. The summed E-state index contributed by atoms with van der Waals surface area (Å²) in [7, 11) is 0. The summed E-state index contributed by atoms with van der Waals surface area (Å²) in [5, 5.41) is 0. The number of hydrogen-bond acceptors (Lipinski definition) is 2. The number of ketones is 1. The van der Waals surface area contributed by atoms with Crippen LogP contribution in [0.3, 0.4) is 0 Å². The Morgan fingerprint density at radius 2 is 2.12 bits per heavy atom. The Morgan fingerprint density at radius 3 is 2.71 bits per heavy atom. The Morgan fingerprint density at radius 1 is 1.35 bits per heavy atom. The molecule has 2 nitrogen and oxygen atoms in total. The zero-order valence-corrected chi connectivity index (χ0v) is 10.9. The maximum Gasteiger partial charge on any atom is 0.163 e. The average Bonchev–Trinajstić information content (AvgIpc) is 2.36. The van der Waals surface area contributed by atoms with Crippen molar-refractivity contribution in [2.75, 3.05) is 6.54 Å². The third-order valence-electron chi connectivity index (χ3n) is 3.17. The van der Waals surface area contributed by atoms with E-state index in [4.69, 9.17) is 5.73 Å². The van der Waals surface area contributed by atoms with Crippen molar-refractivity contribution in [2.24, 2.45) is 11.7 Å². The van der Waals surface area contributed by atoms with Gasteiger partial charge in [0.25, 0.3) is 0 Å². The molecule has 0 aliphatic rings. The van der Waals surface area contributed by atoms with Crippen LogP contribution in [0.5, 0.6) is 0 Å². The lowest BCUT2D eigenvalue weighted by Gasteiger charge is -2.11. The van der Waals surface area contributed by atoms with Gasteiger partial charge >= 0.3 is 0 Å². The number of benzene rings is 1. The van der Waals surface area contributed by atoms with Crippen LogP contribution in [0.1, 0.15) is 49.0 Å². The zero-order valence-electron chi connectivity index (χ0n) is 10.9. The molecule has 1 aromatic rings. The Kier molecular flexibility index (Phi) is 5.92. The lowest BCUT2D eigenvalue weighted by atomic mass is 9.95. The van der Waals surface area contributed by atoms with E-state index < -0.39 is 0 Å². The first-order valence-corrected chi connectivity index (χ1v) is 6.53. The highest BCUT2D eigenvalue weighted by molar-refractivity contribution is 5.96. The molecule has 0 spiro atoms. The third-order valence-corrected chi connectivity index (χ3v) is 3.17. The summed E-state index contributed by atoms with van der Waals surface area (Å²) in [4.78, 5) is 12.1. The number of carbonyl (C=O) groups excluding carboxylic acids is 1. The molecule has 94 valence electrons. The fourth-order valence-corrected chi connectivity index (χ4v) is 1.96. The lowest BCUT2D eigenvalue weighted by Crippen LogP contribution is -2.17. The molecule has 0 heterocycles. The van der Waals surface area contributed by atoms with Crippen molar-refractivity contribution >= 4 is 5.78 Å². The van der Waals surface area contributed by atoms with Crippen molar-refractivity contribution in [3.63, 3.8) is 0 Å². The van der Waals surface area contributed by atoms with E-state index in [-0.39, 0.29) is 5.78 Å². The highest BCUT2D eigenvalue weighted by Gasteiger charge is 2.12. The predicted molar refractivity (Wildman–Crippen MR) is 72.2 cm³/mol. The predicted octanol–water partition coefficient (Wildman–Crippen LogP) is 3.20. The largest absolute Gasteiger partial charge is 0.330 e. The number of Topliss-reactive ketones (excluding diaryl/α,β-unsaturated/α-hetero) is 1. The lowest BCUT2D eigenvalue weighted by molar-refractivity contribution is 0.0961. The minimum Gasteiger partial charge on any atom is -0.330 e. The van der Waals surface area contributed by atoms with Gasteiger partial charge in [0, 0.05) is 12.0 Å². The minimum atomic E-state index is 0.222. The molecule has 1 rings (SSSR count). The fraction of sp³-hybridized carbons (Fsp3) is 0.533. The molecule has 0 amide bonds. The summed E-state index contributed by atoms with van der Waals surface area (Å²) in [5.74, 6) is 0.539. The van der Waals surface area contributed by atoms with Gasteiger partial charge in [-0.15, -0.1) is 0 Å². The Hall–Kier alpha value is -1.15. The van der Waals surface area contributed by atoms with Crippen LogP contribution in [0, 0.1) is 5.92 Å². The average molecular weight is 233 g/mol. The molecule has 0 saturated carbocycles. The normalized spacial score (nSPS) is 12.4. The number of carbonyl (C=O) groups is 1. The number of rotatable bonds is 7. The standard InChI is InChI=1S/C15H23NO/c1-3-6-13-7-5-8-14(9-13)15(17)10-12(4-2)11-16/h5,7-9,12H,3-4,6,10-11,16H2,1-2H3. The zero-order chi connectivity index (χ0) is 12.7. The van der Waals surface area contributed by atoms with Crippen LogP contribution in [0.4, 0.5) is 0 Å². The summed E-state index contributed by atoms with van der Waals surface area (Å²) in [6, 6.07) is 7.99. The van der Waals surface area contributed by atoms with Crippen molar-refractivity contribution in [1.29, 1.82) is 0 Å². The molecule has 0 bridgehead atoms. The molecule has 0 saturated heterocycles. The van der Waals surface area contributed by atoms with Gasteiger partial charge in [0.15, 0.2) is 5.78 Å². The van der Waals surface area contributed by atoms with Crippen molar-refractivity contribution in [3.8, 4) is 0 Å². The second-order valence-electron chi connectivity index (χ2n) is 4.59. The van der Waals surface area contributed by atoms with E-state index >= 15 is 0 Å². The van der Waals surface area contributed by atoms with Crippen LogP contribution >= 0.6 is 0 Å². The number of hydrogen-bond donors (Lipinski definition) is 1. The molecular weight excluding hydrogens is 210 g/mol. The van der Waals surface area contributed by atoms with Crippen LogP contribution in [0.25, 0.3) is 0 Å². The van der Waals surface area contributed by atoms with Crippen molar-refractivity contribution in [1.82, 2.24) is 0 Å². The quantitative estimate of drug-likeness (QED) is 0.735. The van der Waals surface area contributed by atoms with E-state index in [1.807, 2.05) is 18.2 Å². The second kappa shape index (κ2) is 7.23. The van der Waals surface area contributed by atoms with Gasteiger partial charge < -0.3 is 5.73 Å². The van der Waals surface area contributed by atoms with E-state index in [2.05, 4.69) is 19.9 Å². The summed E-state index contributed by atoms with van der Waals surface area (Å²) < 4.78 is 0. The van der Waals surface area contributed by atoms with Gasteiger partial charge in [-0.25, -0.2) is 0 Å². The molecule has 0 aromatic heterocycles. The van der Waals surface area contributed by atoms with Gasteiger partial charge in [-0.05, 0) is 30.5 Å². The topological polar surface area (TPSA) is 43.1 Å². The smallest absolute Gasteiger partial charge is 0.163 e. The van der Waals surface area contributed by atoms with Crippen LogP contribution < -0.4 is 5.73 Å². The Labute approximate surface area is 104 Å². The summed E-state index contributed by atoms with van der Waals surface area (Å²) >= 11 is 0. The first-order valence-electron chi connectivity index (χ1n) is 6.53. The fourth-order valence-electron chi connectivity index (χ4n) is 1.96. The number of aryl methyl sites for hydroxylation is 1. The molecule has 17 heavy (non-hydrogen) atoms. The van der Waals surface area contributed by atoms with Crippen molar-refractivity contribution in [3.05, 3.63) is 35.4 Å². The molecule has 1 unspecified atom stereocenters. The van der Waals surface area contributed by atoms with Gasteiger partial charge in [0.2, 0.25) is 0 Å². The maximum atomic E-state index is 12.1. The molecule has 0 fully saturated rings. The third kappa shape index (κ3) is 4.31. The number of nitrogens with two attached hydrogens (primary N) is 1. The molecule has 0 radical (unpaired) electrons. The highest BCUT2D eigenvalue weighted by atomic mass is 16.1. The Balaban J connectivity index is 2.71. The minimum absolute atomic E-state index is 0.222. The summed E-state index contributed by atoms with van der Waals surface area (Å²) in [6.45, 7) is 4.82. The molecule has 1 atom stereocenters. The van der Waals surface area contributed by atoms with Gasteiger partial charge in [0.1, 0.15) is 0 Å². The molecule has 0 aliphatic heterocycles. The molecule has 2 N–H and O–H groups in total. The Bertz CT molecular complexity index is 356. The summed E-state index contributed by atoms with van der Waals surface area (Å²) in [6.07, 6.45) is 3.69. The first kappa shape index (κ1) is 13.9. The van der Waals surface area contributed by atoms with Crippen molar-refractivity contribution < 1.29 is 4.79 Å². The molecule has 1 aromatic carbocycles. The SMILES string of the molecule is CCCc1cccc(C(=O)CC(CC)CN)c1. The van der Waals surface area contributed by atoms with E-state index in [1.54, 1.807) is 0 Å². The molecular formula is C15H23NO. The van der Waals surface area contributed by atoms with E-state index in [9.17, 15) is 4.79 Å². The van der Waals surface area contributed by atoms with E-state index in [1.165, 1.54) is 5.56 Å². The second-order valence-corrected chi connectivity index (χ2v) is 4.59. The van der Waals surface area contributed by atoms with Crippen LogP contribution in [0.2, 0.25) is 0 Å². The van der Waals surface area contributed by atoms with Crippen LogP contribution in [0.15, 0.2) is 24.3 Å². The van der Waals surface area contributed by atoms with Gasteiger partial charge in [-0.1, -0.05) is 44.9 Å². The maximum absolute atomic E-state index is 12.1. The van der Waals surface area contributed by atoms with Gasteiger partial charge in [0.05, 0.1) is 0 Å². The van der Waals surface area contributed by atoms with E-state index in [0.29, 0.717) is 18.9 Å². The van der Waals surface area contributed by atoms with Crippen LogP contribution in [-0.4, -0.2) is 12.3 Å². The van der Waals surface area contributed by atoms with Crippen molar-refractivity contribution in [2.45, 2.75) is 39.5 Å². The van der Waals surface area contributed by atoms with Gasteiger partial charge in [-0.3, -0.25) is 4.79 Å². The molecule has 2 heteroatoms.